The highest BCUT2D eigenvalue weighted by Gasteiger charge is 2.14. The number of rotatable bonds is 4. The lowest BCUT2D eigenvalue weighted by atomic mass is 10.00. The second-order valence-corrected chi connectivity index (χ2v) is 6.39. The molecule has 0 bridgehead atoms. The summed E-state index contributed by atoms with van der Waals surface area (Å²) in [5, 5.41) is 14.9. The number of aliphatic hydroxyl groups excluding tert-OH is 1. The number of aryl methyl sites for hydroxylation is 1. The van der Waals surface area contributed by atoms with Crippen LogP contribution in [0.25, 0.3) is 22.0 Å². The van der Waals surface area contributed by atoms with Crippen molar-refractivity contribution in [2.24, 2.45) is 0 Å². The summed E-state index contributed by atoms with van der Waals surface area (Å²) in [6.07, 6.45) is 0.692. The van der Waals surface area contributed by atoms with Gasteiger partial charge in [0.2, 0.25) is 0 Å². The van der Waals surface area contributed by atoms with Gasteiger partial charge in [0, 0.05) is 12.0 Å². The summed E-state index contributed by atoms with van der Waals surface area (Å²) < 4.78 is 2.92. The van der Waals surface area contributed by atoms with Gasteiger partial charge in [-0.15, -0.1) is 0 Å². The Morgan fingerprint density at radius 1 is 1.23 bits per heavy atom. The fraction of sp³-hybridized carbons (Fsp3) is 0.278. The van der Waals surface area contributed by atoms with Crippen molar-refractivity contribution in [2.75, 3.05) is 6.61 Å². The summed E-state index contributed by atoms with van der Waals surface area (Å²) in [6, 6.07) is 14.9. The Hall–Kier alpha value is -1.65. The van der Waals surface area contributed by atoms with Crippen LogP contribution in [0.5, 0.6) is 0 Å². The predicted octanol–water partition coefficient (Wildman–Crippen LogP) is 4.72. The molecule has 3 aromatic rings. The fourth-order valence-electron chi connectivity index (χ4n) is 2.74. The summed E-state index contributed by atoms with van der Waals surface area (Å²) in [5.74, 6) is 0. The van der Waals surface area contributed by atoms with Crippen LogP contribution in [0.15, 0.2) is 47.1 Å². The number of hydrogen-bond donors (Lipinski definition) is 1. The van der Waals surface area contributed by atoms with Crippen molar-refractivity contribution in [3.8, 4) is 11.1 Å². The number of hydrogen-bond acceptors (Lipinski definition) is 2. The molecule has 0 spiro atoms. The van der Waals surface area contributed by atoms with Gasteiger partial charge >= 0.3 is 0 Å². The van der Waals surface area contributed by atoms with E-state index in [-0.39, 0.29) is 12.6 Å². The number of benzene rings is 2. The lowest BCUT2D eigenvalue weighted by Crippen LogP contribution is -2.08. The summed E-state index contributed by atoms with van der Waals surface area (Å²) in [4.78, 5) is 0. The van der Waals surface area contributed by atoms with Crippen LogP contribution in [0.2, 0.25) is 0 Å². The molecule has 1 heterocycles. The van der Waals surface area contributed by atoms with Crippen molar-refractivity contribution >= 4 is 26.8 Å². The predicted molar refractivity (Wildman–Crippen MR) is 94.0 cm³/mol. The van der Waals surface area contributed by atoms with Crippen LogP contribution in [0.1, 0.15) is 24.9 Å². The molecule has 0 fully saturated rings. The van der Waals surface area contributed by atoms with E-state index in [1.54, 1.807) is 0 Å². The summed E-state index contributed by atoms with van der Waals surface area (Å²) >= 11 is 3.64. The molecule has 3 rings (SSSR count). The van der Waals surface area contributed by atoms with Gasteiger partial charge in [-0.05, 0) is 65.0 Å². The molecule has 1 unspecified atom stereocenters. The topological polar surface area (TPSA) is 38.0 Å². The van der Waals surface area contributed by atoms with Crippen LogP contribution in [-0.4, -0.2) is 21.5 Å². The molecule has 1 atom stereocenters. The molecule has 0 aliphatic rings. The number of aromatic nitrogens is 2. The van der Waals surface area contributed by atoms with E-state index in [9.17, 15) is 0 Å². The zero-order valence-corrected chi connectivity index (χ0v) is 14.3. The smallest absolute Gasteiger partial charge is 0.112 e. The van der Waals surface area contributed by atoms with E-state index in [4.69, 9.17) is 10.2 Å². The van der Waals surface area contributed by atoms with Gasteiger partial charge in [0.25, 0.3) is 0 Å². The largest absolute Gasteiger partial charge is 0.396 e. The lowest BCUT2D eigenvalue weighted by molar-refractivity contribution is 0.257. The van der Waals surface area contributed by atoms with Crippen molar-refractivity contribution in [3.63, 3.8) is 0 Å². The maximum atomic E-state index is 9.13. The van der Waals surface area contributed by atoms with E-state index in [1.807, 2.05) is 4.68 Å². The van der Waals surface area contributed by atoms with Crippen LogP contribution in [0, 0.1) is 6.92 Å². The Labute approximate surface area is 138 Å². The van der Waals surface area contributed by atoms with Gasteiger partial charge < -0.3 is 5.11 Å². The second kappa shape index (κ2) is 6.23. The first-order valence-electron chi connectivity index (χ1n) is 7.46. The number of aliphatic hydroxyl groups is 1. The van der Waals surface area contributed by atoms with Gasteiger partial charge in [-0.3, -0.25) is 4.68 Å². The molecule has 0 radical (unpaired) electrons. The lowest BCUT2D eigenvalue weighted by Gasteiger charge is -2.11. The third-order valence-electron chi connectivity index (χ3n) is 4.06. The highest BCUT2D eigenvalue weighted by atomic mass is 79.9. The van der Waals surface area contributed by atoms with Gasteiger partial charge in [0.15, 0.2) is 0 Å². The quantitative estimate of drug-likeness (QED) is 0.732. The van der Waals surface area contributed by atoms with Crippen LogP contribution in [-0.2, 0) is 0 Å². The molecule has 0 amide bonds. The first kappa shape index (κ1) is 15.3. The van der Waals surface area contributed by atoms with Crippen LogP contribution < -0.4 is 0 Å². The molecule has 0 saturated carbocycles. The standard InChI is InChI=1S/C18H19BrN2O/c1-12-5-3-4-6-15(12)14-7-8-16-17(11-14)20-21(18(16)19)13(2)9-10-22/h3-8,11,13,22H,9-10H2,1-2H3. The highest BCUT2D eigenvalue weighted by Crippen LogP contribution is 2.31. The van der Waals surface area contributed by atoms with E-state index in [2.05, 4.69) is 72.2 Å². The molecule has 0 saturated heterocycles. The number of nitrogens with zero attached hydrogens (tertiary/aromatic N) is 2. The Morgan fingerprint density at radius 3 is 2.73 bits per heavy atom. The van der Waals surface area contributed by atoms with Crippen LogP contribution in [0.3, 0.4) is 0 Å². The number of fused-ring (bicyclic) bond motifs is 1. The first-order chi connectivity index (χ1) is 10.6. The molecule has 0 aliphatic carbocycles. The molecule has 22 heavy (non-hydrogen) atoms. The van der Waals surface area contributed by atoms with Crippen molar-refractivity contribution in [2.45, 2.75) is 26.3 Å². The number of halogens is 1. The van der Waals surface area contributed by atoms with Crippen molar-refractivity contribution in [1.82, 2.24) is 9.78 Å². The van der Waals surface area contributed by atoms with E-state index in [1.165, 1.54) is 16.7 Å². The SMILES string of the molecule is Cc1ccccc1-c1ccc2c(Br)n(C(C)CCO)nc2c1. The zero-order chi connectivity index (χ0) is 15.7. The Balaban J connectivity index is 2.09. The van der Waals surface area contributed by atoms with E-state index < -0.39 is 0 Å². The Morgan fingerprint density at radius 2 is 2.00 bits per heavy atom. The third kappa shape index (κ3) is 2.69. The third-order valence-corrected chi connectivity index (χ3v) is 4.85. The first-order valence-corrected chi connectivity index (χ1v) is 8.25. The molecule has 3 nitrogen and oxygen atoms in total. The molecule has 4 heteroatoms. The average Bonchev–Trinajstić information content (AvgIpc) is 2.85. The maximum absolute atomic E-state index is 9.13. The monoisotopic (exact) mass is 358 g/mol. The minimum absolute atomic E-state index is 0.161. The summed E-state index contributed by atoms with van der Waals surface area (Å²) in [7, 11) is 0. The van der Waals surface area contributed by atoms with Gasteiger partial charge in [-0.2, -0.15) is 5.10 Å². The second-order valence-electron chi connectivity index (χ2n) is 5.64. The Kier molecular flexibility index (Phi) is 4.32. The molecule has 0 aliphatic heterocycles. The van der Waals surface area contributed by atoms with Crippen LogP contribution in [0.4, 0.5) is 0 Å². The molecule has 114 valence electrons. The minimum atomic E-state index is 0.161. The minimum Gasteiger partial charge on any atom is -0.396 e. The Bertz CT molecular complexity index is 810. The van der Waals surface area contributed by atoms with Gasteiger partial charge in [0.05, 0.1) is 11.6 Å². The van der Waals surface area contributed by atoms with E-state index in [0.29, 0.717) is 6.42 Å². The highest BCUT2D eigenvalue weighted by molar-refractivity contribution is 9.10. The maximum Gasteiger partial charge on any atom is 0.112 e. The normalized spacial score (nSPS) is 12.7. The fourth-order valence-corrected chi connectivity index (χ4v) is 3.50. The average molecular weight is 359 g/mol. The molecule has 2 aromatic carbocycles. The zero-order valence-electron chi connectivity index (χ0n) is 12.8. The van der Waals surface area contributed by atoms with Crippen molar-refractivity contribution in [1.29, 1.82) is 0 Å². The molecular formula is C18H19BrN2O. The summed E-state index contributed by atoms with van der Waals surface area (Å²) in [5.41, 5.74) is 4.64. The van der Waals surface area contributed by atoms with Crippen molar-refractivity contribution < 1.29 is 5.11 Å². The van der Waals surface area contributed by atoms with Gasteiger partial charge in [0.1, 0.15) is 4.60 Å². The van der Waals surface area contributed by atoms with Crippen LogP contribution >= 0.6 is 15.9 Å². The van der Waals surface area contributed by atoms with Crippen molar-refractivity contribution in [3.05, 3.63) is 52.6 Å². The van der Waals surface area contributed by atoms with E-state index in [0.717, 1.165) is 15.5 Å². The van der Waals surface area contributed by atoms with Gasteiger partial charge in [-0.25, -0.2) is 0 Å². The van der Waals surface area contributed by atoms with E-state index >= 15 is 0 Å². The molecular weight excluding hydrogens is 340 g/mol. The molecule has 1 aromatic heterocycles. The summed E-state index contributed by atoms with van der Waals surface area (Å²) in [6.45, 7) is 4.35. The molecule has 1 N–H and O–H groups in total. The van der Waals surface area contributed by atoms with Gasteiger partial charge in [-0.1, -0.05) is 30.3 Å².